The second kappa shape index (κ2) is 31.6. The Bertz CT molecular complexity index is 46.8. The van der Waals surface area contributed by atoms with Crippen molar-refractivity contribution < 1.29 is 82.0 Å². The van der Waals surface area contributed by atoms with Crippen LogP contribution < -0.4 is 0 Å². The van der Waals surface area contributed by atoms with Crippen molar-refractivity contribution in [1.82, 2.24) is 0 Å². The van der Waals surface area contributed by atoms with Crippen LogP contribution in [0.5, 0.6) is 0 Å². The van der Waals surface area contributed by atoms with Crippen LogP contribution in [0.4, 0.5) is 0 Å². The molecule has 4 nitrogen and oxygen atoms in total. The van der Waals surface area contributed by atoms with Gasteiger partial charge in [0.15, 0.2) is 0 Å². The molecule has 0 aromatic heterocycles. The average molecular weight is 626 g/mol. The molecule has 0 aliphatic carbocycles. The van der Waals surface area contributed by atoms with Crippen molar-refractivity contribution in [2.75, 3.05) is 0 Å². The van der Waals surface area contributed by atoms with E-state index in [0.717, 1.165) is 0 Å². The van der Waals surface area contributed by atoms with E-state index in [1.807, 2.05) is 0 Å². The molecule has 0 fully saturated rings. The van der Waals surface area contributed by atoms with Crippen molar-refractivity contribution in [3.8, 4) is 0 Å². The molecule has 0 heterocycles. The summed E-state index contributed by atoms with van der Waals surface area (Å²) in [4.78, 5) is 8.36. The number of hydrogen-bond acceptors (Lipinski definition) is 2. The summed E-state index contributed by atoms with van der Waals surface area (Å²) in [7, 11) is 0. The first-order valence-electron chi connectivity index (χ1n) is 0.565. The minimum Gasteiger partial charge on any atom is 0 e. The maximum Gasteiger partial charge on any atom is 0 e. The molecule has 0 saturated carbocycles. The second-order valence-electron chi connectivity index (χ2n) is 0.238. The second-order valence-corrected chi connectivity index (χ2v) is 0.238. The zero-order valence-corrected chi connectivity index (χ0v) is 15.6. The average Bonchev–Trinajstić information content (AvgIpc) is 0.811. The van der Waals surface area contributed by atoms with Crippen LogP contribution in [-0.4, -0.2) is 37.6 Å². The molecule has 0 unspecified atom stereocenters. The van der Waals surface area contributed by atoms with Crippen LogP contribution in [0.25, 0.3) is 0 Å². The molecule has 0 saturated heterocycles. The van der Waals surface area contributed by atoms with Gasteiger partial charge in [-0.1, -0.05) is 0 Å². The molecule has 0 amide bonds. The molecule has 1 N–H and O–H groups in total. The first kappa shape index (κ1) is 42.5. The molecule has 9 heteroatoms. The first-order chi connectivity index (χ1) is 1.73. The summed E-state index contributed by atoms with van der Waals surface area (Å²) < 4.78 is 0. The number of hydrogen-bond donors (Lipinski definition) is 1. The third-order valence-corrected chi connectivity index (χ3v) is 0. The van der Waals surface area contributed by atoms with Gasteiger partial charge in [0.25, 0.3) is 5.09 Å². The van der Waals surface area contributed by atoms with E-state index in [1.165, 1.54) is 0 Å². The van der Waals surface area contributed by atoms with Gasteiger partial charge in [0, 0.05) is 71.7 Å². The fourth-order valence-corrected chi connectivity index (χ4v) is 0. The molecule has 0 spiro atoms. The van der Waals surface area contributed by atoms with E-state index < -0.39 is 5.09 Å². The van der Waals surface area contributed by atoms with Gasteiger partial charge in [0.05, 0.1) is 0 Å². The Morgan fingerprint density at radius 3 is 1.44 bits per heavy atom. The number of nitrogens with zero attached hydrogens (tertiary/aromatic N) is 1. The van der Waals surface area contributed by atoms with E-state index >= 15 is 0 Å². The Morgan fingerprint density at radius 1 is 1.44 bits per heavy atom. The molecule has 0 aliphatic rings. The van der Waals surface area contributed by atoms with E-state index in [0.29, 0.717) is 0 Å². The van der Waals surface area contributed by atoms with Crippen molar-refractivity contribution in [3.05, 3.63) is 10.1 Å². The van der Waals surface area contributed by atoms with Crippen molar-refractivity contribution in [3.63, 3.8) is 0 Å². The molecule has 0 rings (SSSR count). The van der Waals surface area contributed by atoms with Gasteiger partial charge < -0.3 is 5.21 Å². The van der Waals surface area contributed by atoms with Crippen LogP contribution in [-0.2, 0) is 71.7 Å². The summed E-state index contributed by atoms with van der Waals surface area (Å²) in [5.74, 6) is 0. The van der Waals surface area contributed by atoms with Crippen molar-refractivity contribution in [2.24, 2.45) is 0 Å². The Balaban J connectivity index is -0.00000000450. The van der Waals surface area contributed by atoms with Crippen molar-refractivity contribution in [2.45, 2.75) is 0 Å². The molecular weight excluding hydrogens is 623 g/mol. The number of rotatable bonds is 0. The summed E-state index contributed by atoms with van der Waals surface area (Å²) in [5.41, 5.74) is 0. The standard InChI is InChI=1S/Co.Cr.HNO3.Ni.Pb.W.2H/c;;2-1(3)4;;;;;/h;;(H,2,3,4);;;;;. The third-order valence-electron chi connectivity index (χ3n) is 0. The van der Waals surface area contributed by atoms with Crippen LogP contribution in [0.3, 0.4) is 0 Å². The van der Waals surface area contributed by atoms with Gasteiger partial charge in [0.1, 0.15) is 0 Å². The largest absolute Gasteiger partial charge is 0 e. The van der Waals surface area contributed by atoms with E-state index in [9.17, 15) is 0 Å². The Kier molecular flexibility index (Phi) is 149. The summed E-state index contributed by atoms with van der Waals surface area (Å²) >= 11 is 0. The molecule has 0 bridgehead atoms. The molecule has 0 atom stereocenters. The van der Waals surface area contributed by atoms with Gasteiger partial charge in [0.2, 0.25) is 0 Å². The summed E-state index contributed by atoms with van der Waals surface area (Å²) in [5, 5.41) is 13.6. The minimum absolute atomic E-state index is 0. The fourth-order valence-electron chi connectivity index (χ4n) is 0. The minimum atomic E-state index is -1.50. The van der Waals surface area contributed by atoms with Gasteiger partial charge >= 0.3 is 27.3 Å². The summed E-state index contributed by atoms with van der Waals surface area (Å²) in [6.07, 6.45) is 0. The zero-order chi connectivity index (χ0) is 3.58. The smallest absolute Gasteiger partial charge is 0 e. The fraction of sp³-hybridized carbons (Fsp3) is 0. The molecule has 61 valence electrons. The monoisotopic (exact) mass is 626 g/mol. The first-order valence-corrected chi connectivity index (χ1v) is 0.565. The van der Waals surface area contributed by atoms with Crippen LogP contribution >= 0.6 is 0 Å². The molecule has 0 aromatic carbocycles. The van der Waals surface area contributed by atoms with Crippen LogP contribution in [0.15, 0.2) is 0 Å². The van der Waals surface area contributed by atoms with E-state index in [4.69, 9.17) is 15.3 Å². The Labute approximate surface area is 118 Å². The van der Waals surface area contributed by atoms with Gasteiger partial charge in [-0.15, -0.1) is 10.1 Å². The topological polar surface area (TPSA) is 63.4 Å². The maximum atomic E-state index is 8.36. The van der Waals surface area contributed by atoms with Gasteiger partial charge in [-0.2, -0.15) is 0 Å². The summed E-state index contributed by atoms with van der Waals surface area (Å²) in [6, 6.07) is 0. The normalized spacial score (nSPS) is 2.67. The van der Waals surface area contributed by atoms with Gasteiger partial charge in [-0.05, 0) is 0 Å². The zero-order valence-electron chi connectivity index (χ0n) is 3.88. The molecule has 0 aliphatic heterocycles. The Morgan fingerprint density at radius 2 is 1.44 bits per heavy atom. The molecular formula is H3CoCrNNiO3PbW. The molecule has 3 radical (unpaired) electrons. The SMILES string of the molecule is O=[N+]([O-])O.[Co].[Cr].[Ni].[PbH2].[W]. The van der Waals surface area contributed by atoms with Gasteiger partial charge in [-0.25, -0.2) is 0 Å². The Hall–Kier alpha value is 2.34. The van der Waals surface area contributed by atoms with E-state index in [-0.39, 0.29) is 99.0 Å². The van der Waals surface area contributed by atoms with Crippen molar-refractivity contribution >= 4 is 27.3 Å². The maximum absolute atomic E-state index is 8.36. The van der Waals surface area contributed by atoms with Crippen molar-refractivity contribution in [1.29, 1.82) is 0 Å². The van der Waals surface area contributed by atoms with Crippen LogP contribution in [0.1, 0.15) is 0 Å². The predicted octanol–water partition coefficient (Wildman–Crippen LogP) is -1.27. The van der Waals surface area contributed by atoms with Gasteiger partial charge in [-0.3, -0.25) is 0 Å². The molecule has 0 aromatic rings. The van der Waals surface area contributed by atoms with E-state index in [1.54, 1.807) is 0 Å². The quantitative estimate of drug-likeness (QED) is 0.208. The van der Waals surface area contributed by atoms with Crippen LogP contribution in [0.2, 0.25) is 0 Å². The van der Waals surface area contributed by atoms with E-state index in [2.05, 4.69) is 0 Å². The summed E-state index contributed by atoms with van der Waals surface area (Å²) in [6.45, 7) is 0. The third kappa shape index (κ3) is 131. The predicted molar refractivity (Wildman–Crippen MR) is 17.3 cm³/mol. The van der Waals surface area contributed by atoms with Crippen LogP contribution in [0, 0.1) is 10.1 Å². The molecule has 9 heavy (non-hydrogen) atoms.